The van der Waals surface area contributed by atoms with Gasteiger partial charge in [0.25, 0.3) is 0 Å². The maximum atomic E-state index is 13.6. The molecule has 88 valence electrons. The van der Waals surface area contributed by atoms with E-state index >= 15 is 0 Å². The molecule has 0 aromatic heterocycles. The minimum absolute atomic E-state index is 0.263. The molecule has 1 saturated heterocycles. The van der Waals surface area contributed by atoms with Gasteiger partial charge < -0.3 is 9.47 Å². The Morgan fingerprint density at radius 3 is 2.75 bits per heavy atom. The van der Waals surface area contributed by atoms with Gasteiger partial charge in [-0.15, -0.1) is 0 Å². The molecule has 0 atom stereocenters. The van der Waals surface area contributed by atoms with Gasteiger partial charge in [0.05, 0.1) is 19.8 Å². The van der Waals surface area contributed by atoms with Crippen molar-refractivity contribution in [3.8, 4) is 5.75 Å². The third kappa shape index (κ3) is 1.77. The standard InChI is InChI=1S/C11H15FN2O2/c1-2-16-10-4-3-8(5-9(10)12)11(14-13)6-15-7-11/h3-5,14H,2,6-7,13H2,1H3. The molecule has 0 unspecified atom stereocenters. The number of benzene rings is 1. The van der Waals surface area contributed by atoms with E-state index in [0.717, 1.165) is 5.56 Å². The zero-order chi connectivity index (χ0) is 11.6. The third-order valence-corrected chi connectivity index (χ3v) is 2.76. The van der Waals surface area contributed by atoms with Gasteiger partial charge in [-0.3, -0.25) is 5.84 Å². The first-order valence-corrected chi connectivity index (χ1v) is 5.20. The van der Waals surface area contributed by atoms with Crippen molar-refractivity contribution in [2.24, 2.45) is 5.84 Å². The highest BCUT2D eigenvalue weighted by Gasteiger charge is 2.39. The van der Waals surface area contributed by atoms with E-state index in [-0.39, 0.29) is 11.6 Å². The Morgan fingerprint density at radius 2 is 2.31 bits per heavy atom. The number of nitrogens with two attached hydrogens (primary N) is 1. The van der Waals surface area contributed by atoms with Crippen molar-refractivity contribution in [2.45, 2.75) is 12.5 Å². The van der Waals surface area contributed by atoms with Gasteiger partial charge in [-0.1, -0.05) is 6.07 Å². The number of hydrogen-bond acceptors (Lipinski definition) is 4. The smallest absolute Gasteiger partial charge is 0.165 e. The van der Waals surface area contributed by atoms with E-state index < -0.39 is 5.54 Å². The van der Waals surface area contributed by atoms with Crippen molar-refractivity contribution in [3.05, 3.63) is 29.6 Å². The van der Waals surface area contributed by atoms with Crippen molar-refractivity contribution < 1.29 is 13.9 Å². The topological polar surface area (TPSA) is 56.5 Å². The number of ether oxygens (including phenoxy) is 2. The van der Waals surface area contributed by atoms with Crippen LogP contribution < -0.4 is 16.0 Å². The van der Waals surface area contributed by atoms with E-state index in [1.54, 1.807) is 12.1 Å². The zero-order valence-corrected chi connectivity index (χ0v) is 9.13. The van der Waals surface area contributed by atoms with Crippen LogP contribution in [0.2, 0.25) is 0 Å². The highest BCUT2D eigenvalue weighted by atomic mass is 19.1. The summed E-state index contributed by atoms with van der Waals surface area (Å²) in [5, 5.41) is 0. The summed E-state index contributed by atoms with van der Waals surface area (Å²) >= 11 is 0. The number of hydrazine groups is 1. The first-order chi connectivity index (χ1) is 7.72. The molecule has 4 nitrogen and oxygen atoms in total. The van der Waals surface area contributed by atoms with Crippen LogP contribution in [0.15, 0.2) is 18.2 Å². The minimum Gasteiger partial charge on any atom is -0.491 e. The predicted octanol–water partition coefficient (Wildman–Crippen LogP) is 0.913. The Hall–Kier alpha value is -1.17. The average molecular weight is 226 g/mol. The molecule has 0 amide bonds. The van der Waals surface area contributed by atoms with Crippen LogP contribution in [0.1, 0.15) is 12.5 Å². The summed E-state index contributed by atoms with van der Waals surface area (Å²) in [4.78, 5) is 0. The molecule has 1 aliphatic heterocycles. The molecule has 3 N–H and O–H groups in total. The Balaban J connectivity index is 2.26. The quantitative estimate of drug-likeness (QED) is 0.592. The molecule has 1 aliphatic rings. The van der Waals surface area contributed by atoms with E-state index in [4.69, 9.17) is 15.3 Å². The summed E-state index contributed by atoms with van der Waals surface area (Å²) in [5.41, 5.74) is 3.00. The van der Waals surface area contributed by atoms with Crippen molar-refractivity contribution in [1.29, 1.82) is 0 Å². The summed E-state index contributed by atoms with van der Waals surface area (Å²) in [5.74, 6) is 5.35. The largest absolute Gasteiger partial charge is 0.491 e. The van der Waals surface area contributed by atoms with Gasteiger partial charge in [0, 0.05) is 0 Å². The van der Waals surface area contributed by atoms with Gasteiger partial charge >= 0.3 is 0 Å². The normalized spacial score (nSPS) is 17.9. The van der Waals surface area contributed by atoms with Crippen LogP contribution in [0.25, 0.3) is 0 Å². The molecule has 5 heteroatoms. The van der Waals surface area contributed by atoms with E-state index in [2.05, 4.69) is 5.43 Å². The highest BCUT2D eigenvalue weighted by Crippen LogP contribution is 2.31. The minimum atomic E-state index is -0.453. The van der Waals surface area contributed by atoms with E-state index in [1.807, 2.05) is 6.92 Å². The van der Waals surface area contributed by atoms with E-state index in [0.29, 0.717) is 19.8 Å². The molecule has 1 aromatic carbocycles. The van der Waals surface area contributed by atoms with Crippen LogP contribution in [0.5, 0.6) is 5.75 Å². The Labute approximate surface area is 93.5 Å². The molecular weight excluding hydrogens is 211 g/mol. The Morgan fingerprint density at radius 1 is 1.56 bits per heavy atom. The molecule has 1 aromatic rings. The second-order valence-corrected chi connectivity index (χ2v) is 3.80. The van der Waals surface area contributed by atoms with Gasteiger partial charge in [0.15, 0.2) is 11.6 Å². The molecule has 0 spiro atoms. The average Bonchev–Trinajstić information content (AvgIpc) is 2.21. The van der Waals surface area contributed by atoms with Crippen LogP contribution >= 0.6 is 0 Å². The summed E-state index contributed by atoms with van der Waals surface area (Å²) in [7, 11) is 0. The Bertz CT molecular complexity index is 375. The Kier molecular flexibility index (Phi) is 3.09. The van der Waals surface area contributed by atoms with Gasteiger partial charge in [0.1, 0.15) is 5.54 Å². The number of rotatable bonds is 4. The van der Waals surface area contributed by atoms with E-state index in [9.17, 15) is 4.39 Å². The SMILES string of the molecule is CCOc1ccc(C2(NN)COC2)cc1F. The van der Waals surface area contributed by atoms with Gasteiger partial charge in [0.2, 0.25) is 0 Å². The van der Waals surface area contributed by atoms with Crippen LogP contribution in [0, 0.1) is 5.82 Å². The molecule has 16 heavy (non-hydrogen) atoms. The second kappa shape index (κ2) is 4.37. The fraction of sp³-hybridized carbons (Fsp3) is 0.455. The lowest BCUT2D eigenvalue weighted by Crippen LogP contribution is -2.60. The zero-order valence-electron chi connectivity index (χ0n) is 9.13. The molecule has 0 saturated carbocycles. The van der Waals surface area contributed by atoms with Crippen molar-refractivity contribution in [3.63, 3.8) is 0 Å². The molecular formula is C11H15FN2O2. The fourth-order valence-electron chi connectivity index (χ4n) is 1.71. The monoisotopic (exact) mass is 226 g/mol. The van der Waals surface area contributed by atoms with Crippen molar-refractivity contribution in [2.75, 3.05) is 19.8 Å². The maximum absolute atomic E-state index is 13.6. The molecule has 0 aliphatic carbocycles. The summed E-state index contributed by atoms with van der Waals surface area (Å²) in [6.07, 6.45) is 0. The third-order valence-electron chi connectivity index (χ3n) is 2.76. The molecule has 0 radical (unpaired) electrons. The van der Waals surface area contributed by atoms with Crippen LogP contribution in [0.3, 0.4) is 0 Å². The molecule has 1 heterocycles. The van der Waals surface area contributed by atoms with Gasteiger partial charge in [-0.05, 0) is 24.6 Å². The number of hydrogen-bond donors (Lipinski definition) is 2. The van der Waals surface area contributed by atoms with Crippen LogP contribution in [-0.2, 0) is 10.3 Å². The number of nitrogens with one attached hydrogen (secondary N) is 1. The summed E-state index contributed by atoms with van der Waals surface area (Å²) in [6, 6.07) is 4.86. The lowest BCUT2D eigenvalue weighted by Gasteiger charge is -2.41. The fourth-order valence-corrected chi connectivity index (χ4v) is 1.71. The first kappa shape index (κ1) is 11.3. The first-order valence-electron chi connectivity index (χ1n) is 5.20. The van der Waals surface area contributed by atoms with Crippen molar-refractivity contribution in [1.82, 2.24) is 5.43 Å². The maximum Gasteiger partial charge on any atom is 0.165 e. The highest BCUT2D eigenvalue weighted by molar-refractivity contribution is 5.34. The lowest BCUT2D eigenvalue weighted by molar-refractivity contribution is -0.0788. The molecule has 0 bridgehead atoms. The number of halogens is 1. The van der Waals surface area contributed by atoms with Crippen LogP contribution in [0.4, 0.5) is 4.39 Å². The summed E-state index contributed by atoms with van der Waals surface area (Å²) < 4.78 is 23.9. The van der Waals surface area contributed by atoms with Crippen LogP contribution in [-0.4, -0.2) is 19.8 Å². The van der Waals surface area contributed by atoms with E-state index in [1.165, 1.54) is 6.07 Å². The predicted molar refractivity (Wildman–Crippen MR) is 57.4 cm³/mol. The molecule has 2 rings (SSSR count). The van der Waals surface area contributed by atoms with Gasteiger partial charge in [-0.25, -0.2) is 9.82 Å². The summed E-state index contributed by atoms with van der Waals surface area (Å²) in [6.45, 7) is 3.17. The van der Waals surface area contributed by atoms with Gasteiger partial charge in [-0.2, -0.15) is 0 Å². The van der Waals surface area contributed by atoms with Crippen molar-refractivity contribution >= 4 is 0 Å². The second-order valence-electron chi connectivity index (χ2n) is 3.80. The molecule has 1 fully saturated rings. The lowest BCUT2D eigenvalue weighted by atomic mass is 9.88.